The molecule has 0 bridgehead atoms. The lowest BCUT2D eigenvalue weighted by Crippen LogP contribution is -2.45. The van der Waals surface area contributed by atoms with Crippen molar-refractivity contribution >= 4 is 34.5 Å². The maximum absolute atomic E-state index is 12.8. The third-order valence-electron chi connectivity index (χ3n) is 4.34. The van der Waals surface area contributed by atoms with E-state index in [1.54, 1.807) is 13.0 Å². The molecule has 0 N–H and O–H groups in total. The summed E-state index contributed by atoms with van der Waals surface area (Å²) >= 11 is 1.41. The zero-order valence-electron chi connectivity index (χ0n) is 15.4. The van der Waals surface area contributed by atoms with E-state index in [9.17, 15) is 19.7 Å². The summed E-state index contributed by atoms with van der Waals surface area (Å²) in [6.07, 6.45) is 0.292. The van der Waals surface area contributed by atoms with Gasteiger partial charge in [-0.3, -0.25) is 19.8 Å². The molecule has 28 heavy (non-hydrogen) atoms. The van der Waals surface area contributed by atoms with Crippen molar-refractivity contribution in [1.82, 2.24) is 4.90 Å². The van der Waals surface area contributed by atoms with Gasteiger partial charge in [0, 0.05) is 31.4 Å². The molecule has 3 rings (SSSR count). The average Bonchev–Trinajstić information content (AvgIpc) is 2.67. The van der Waals surface area contributed by atoms with E-state index in [1.165, 1.54) is 42.0 Å². The number of amides is 1. The first-order valence-corrected chi connectivity index (χ1v) is 9.57. The van der Waals surface area contributed by atoms with Gasteiger partial charge in [-0.1, -0.05) is 23.9 Å². The number of non-ortho nitro benzene ring substituents is 1. The van der Waals surface area contributed by atoms with Crippen LogP contribution in [-0.2, 0) is 19.1 Å². The Balaban J connectivity index is 2.08. The number of carbonyl (C=O) groups excluding carboxylic acids is 2. The molecule has 1 amide bonds. The topological polar surface area (TPSA) is 111 Å². The molecule has 2 aliphatic heterocycles. The van der Waals surface area contributed by atoms with E-state index >= 15 is 0 Å². The quantitative estimate of drug-likeness (QED) is 0.309. The van der Waals surface area contributed by atoms with Crippen molar-refractivity contribution < 1.29 is 24.0 Å². The number of nitro benzene ring substituents is 1. The van der Waals surface area contributed by atoms with Gasteiger partial charge in [0.05, 0.1) is 28.8 Å². The number of hydrogen-bond donors (Lipinski definition) is 0. The number of rotatable bonds is 6. The number of fused-ring (bicyclic) bond motifs is 1. The van der Waals surface area contributed by atoms with E-state index < -0.39 is 16.9 Å². The van der Waals surface area contributed by atoms with Crippen LogP contribution in [0.1, 0.15) is 24.9 Å². The van der Waals surface area contributed by atoms with Crippen molar-refractivity contribution in [2.45, 2.75) is 19.4 Å². The molecule has 0 spiro atoms. The molecule has 9 nitrogen and oxygen atoms in total. The van der Waals surface area contributed by atoms with E-state index in [1.807, 2.05) is 0 Å². The molecular weight excluding hydrogens is 386 g/mol. The number of esters is 1. The molecule has 1 aromatic carbocycles. The highest BCUT2D eigenvalue weighted by molar-refractivity contribution is 8.14. The summed E-state index contributed by atoms with van der Waals surface area (Å²) in [6.45, 7) is 1.95. The molecule has 0 aliphatic carbocycles. The summed E-state index contributed by atoms with van der Waals surface area (Å²) in [5.41, 5.74) is 0.947. The van der Waals surface area contributed by atoms with Crippen molar-refractivity contribution in [3.63, 3.8) is 0 Å². The number of carbonyl (C=O) groups is 2. The van der Waals surface area contributed by atoms with Crippen LogP contribution in [0.5, 0.6) is 0 Å². The monoisotopic (exact) mass is 405 g/mol. The Morgan fingerprint density at radius 3 is 2.93 bits per heavy atom. The van der Waals surface area contributed by atoms with Crippen LogP contribution in [0.4, 0.5) is 5.69 Å². The standard InChI is InChI=1S/C18H19N3O6S/c1-11-15(17(23)27-8-7-26-2)16(12-4-3-5-13(10-12)21(24)25)20-14(22)6-9-28-18(20)19-11/h3-5,10,16H,6-9H2,1-2H3/t16-/m1/s1. The van der Waals surface area contributed by atoms with Gasteiger partial charge in [-0.05, 0) is 12.5 Å². The van der Waals surface area contributed by atoms with Gasteiger partial charge in [0.15, 0.2) is 5.17 Å². The average molecular weight is 405 g/mol. The van der Waals surface area contributed by atoms with Gasteiger partial charge in [-0.15, -0.1) is 0 Å². The Bertz CT molecular complexity index is 882. The third-order valence-corrected chi connectivity index (χ3v) is 5.30. The van der Waals surface area contributed by atoms with Crippen molar-refractivity contribution in [3.05, 3.63) is 51.2 Å². The number of nitrogens with zero attached hydrogens (tertiary/aromatic N) is 3. The first-order valence-electron chi connectivity index (χ1n) is 8.58. The van der Waals surface area contributed by atoms with Crippen LogP contribution in [0.2, 0.25) is 0 Å². The number of ether oxygens (including phenoxy) is 2. The van der Waals surface area contributed by atoms with Gasteiger partial charge in [0.25, 0.3) is 5.69 Å². The van der Waals surface area contributed by atoms with Crippen LogP contribution in [-0.4, -0.2) is 52.9 Å². The molecule has 1 aromatic rings. The molecule has 2 aliphatic rings. The van der Waals surface area contributed by atoms with E-state index in [2.05, 4.69) is 4.99 Å². The van der Waals surface area contributed by atoms with Gasteiger partial charge < -0.3 is 9.47 Å². The fraction of sp³-hybridized carbons (Fsp3) is 0.389. The molecule has 0 aromatic heterocycles. The van der Waals surface area contributed by atoms with Crippen molar-refractivity contribution in [1.29, 1.82) is 0 Å². The summed E-state index contributed by atoms with van der Waals surface area (Å²) < 4.78 is 10.2. The van der Waals surface area contributed by atoms with Crippen molar-refractivity contribution in [3.8, 4) is 0 Å². The number of amidine groups is 1. The zero-order chi connectivity index (χ0) is 20.3. The Hall–Kier alpha value is -2.72. The van der Waals surface area contributed by atoms with E-state index in [4.69, 9.17) is 9.47 Å². The Kier molecular flexibility index (Phi) is 6.10. The Labute approximate surface area is 165 Å². The minimum absolute atomic E-state index is 0.0486. The lowest BCUT2D eigenvalue weighted by Gasteiger charge is -2.38. The van der Waals surface area contributed by atoms with Crippen LogP contribution in [0.25, 0.3) is 0 Å². The number of allylic oxidation sites excluding steroid dienone is 1. The fourth-order valence-corrected chi connectivity index (χ4v) is 4.08. The molecule has 0 radical (unpaired) electrons. The first-order chi connectivity index (χ1) is 13.4. The largest absolute Gasteiger partial charge is 0.460 e. The van der Waals surface area contributed by atoms with Crippen molar-refractivity contribution in [2.24, 2.45) is 4.99 Å². The Morgan fingerprint density at radius 1 is 1.43 bits per heavy atom. The van der Waals surface area contributed by atoms with Gasteiger partial charge in [0.1, 0.15) is 6.61 Å². The predicted molar refractivity (Wildman–Crippen MR) is 103 cm³/mol. The molecular formula is C18H19N3O6S. The second-order valence-electron chi connectivity index (χ2n) is 6.14. The molecule has 1 fully saturated rings. The molecule has 1 saturated heterocycles. The predicted octanol–water partition coefficient (Wildman–Crippen LogP) is 2.43. The van der Waals surface area contributed by atoms with E-state index in [0.717, 1.165) is 0 Å². The number of hydrogen-bond acceptors (Lipinski definition) is 8. The Morgan fingerprint density at radius 2 is 2.21 bits per heavy atom. The highest BCUT2D eigenvalue weighted by Crippen LogP contribution is 2.41. The number of aliphatic imine (C=N–C) groups is 1. The van der Waals surface area contributed by atoms with Crippen LogP contribution in [0.3, 0.4) is 0 Å². The smallest absolute Gasteiger partial charge is 0.338 e. The number of methoxy groups -OCH3 is 1. The molecule has 1 atom stereocenters. The molecule has 148 valence electrons. The van der Waals surface area contributed by atoms with E-state index in [0.29, 0.717) is 28.6 Å². The van der Waals surface area contributed by atoms with Crippen LogP contribution in [0, 0.1) is 10.1 Å². The first kappa shape index (κ1) is 20.0. The van der Waals surface area contributed by atoms with Gasteiger partial charge >= 0.3 is 5.97 Å². The summed E-state index contributed by atoms with van der Waals surface area (Å²) in [6, 6.07) is 5.09. The highest BCUT2D eigenvalue weighted by Gasteiger charge is 2.42. The van der Waals surface area contributed by atoms with E-state index in [-0.39, 0.29) is 30.4 Å². The maximum Gasteiger partial charge on any atom is 0.338 e. The summed E-state index contributed by atoms with van der Waals surface area (Å²) in [5, 5.41) is 11.7. The second-order valence-corrected chi connectivity index (χ2v) is 7.20. The van der Waals surface area contributed by atoms with Gasteiger partial charge in [-0.25, -0.2) is 9.79 Å². The van der Waals surface area contributed by atoms with Crippen molar-refractivity contribution in [2.75, 3.05) is 26.1 Å². The molecule has 2 heterocycles. The molecule has 0 unspecified atom stereocenters. The number of nitro groups is 1. The minimum Gasteiger partial charge on any atom is -0.460 e. The molecule has 10 heteroatoms. The summed E-state index contributed by atoms with van der Waals surface area (Å²) in [5.74, 6) is -0.225. The zero-order valence-corrected chi connectivity index (χ0v) is 16.2. The van der Waals surface area contributed by atoms with Crippen LogP contribution >= 0.6 is 11.8 Å². The lowest BCUT2D eigenvalue weighted by molar-refractivity contribution is -0.384. The van der Waals surface area contributed by atoms with Crippen LogP contribution in [0.15, 0.2) is 40.5 Å². The SMILES string of the molecule is COCCOC(=O)C1=C(C)N=C2SCCC(=O)N2[C@@H]1c1cccc([N+](=O)[O-])c1. The maximum atomic E-state index is 12.8. The normalized spacial score (nSPS) is 19.2. The molecule has 0 saturated carbocycles. The minimum atomic E-state index is -0.831. The fourth-order valence-electron chi connectivity index (χ4n) is 3.08. The second kappa shape index (κ2) is 8.53. The van der Waals surface area contributed by atoms with Gasteiger partial charge in [0.2, 0.25) is 5.91 Å². The van der Waals surface area contributed by atoms with Crippen LogP contribution < -0.4 is 0 Å². The summed E-state index contributed by atoms with van der Waals surface area (Å²) in [7, 11) is 1.49. The highest BCUT2D eigenvalue weighted by atomic mass is 32.2. The lowest BCUT2D eigenvalue weighted by atomic mass is 9.94. The number of thioether (sulfide) groups is 1. The summed E-state index contributed by atoms with van der Waals surface area (Å²) in [4.78, 5) is 42.0. The number of benzene rings is 1. The third kappa shape index (κ3) is 3.92. The van der Waals surface area contributed by atoms with Gasteiger partial charge in [-0.2, -0.15) is 0 Å².